The largest absolute Gasteiger partial charge is 0.478 e. The molecule has 16 heavy (non-hydrogen) atoms. The van der Waals surface area contributed by atoms with Crippen molar-refractivity contribution in [2.24, 2.45) is 5.10 Å². The summed E-state index contributed by atoms with van der Waals surface area (Å²) in [5.74, 6) is -1.21. The summed E-state index contributed by atoms with van der Waals surface area (Å²) in [7, 11) is 0. The maximum atomic E-state index is 10.9. The molecule has 0 saturated carbocycles. The molecular formula is C11H12N2O3. The van der Waals surface area contributed by atoms with Crippen LogP contribution < -0.4 is 5.43 Å². The fourth-order valence-corrected chi connectivity index (χ4v) is 0.990. The number of nitrogens with zero attached hydrogens (tertiary/aromatic N) is 1. The summed E-state index contributed by atoms with van der Waals surface area (Å²) < 4.78 is 0. The Balaban J connectivity index is 2.94. The van der Waals surface area contributed by atoms with E-state index in [1.807, 2.05) is 0 Å². The van der Waals surface area contributed by atoms with Gasteiger partial charge in [-0.2, -0.15) is 5.10 Å². The van der Waals surface area contributed by atoms with Crippen LogP contribution >= 0.6 is 0 Å². The number of carboxylic acids is 1. The summed E-state index contributed by atoms with van der Waals surface area (Å²) in [6.45, 7) is 2.95. The molecule has 1 aromatic rings. The topological polar surface area (TPSA) is 78.8 Å². The Labute approximate surface area is 92.8 Å². The van der Waals surface area contributed by atoms with Crippen molar-refractivity contribution in [1.82, 2.24) is 0 Å². The molecule has 0 amide bonds. The van der Waals surface area contributed by atoms with Crippen molar-refractivity contribution >= 4 is 23.2 Å². The van der Waals surface area contributed by atoms with Crippen LogP contribution in [0.4, 0.5) is 5.69 Å². The van der Waals surface area contributed by atoms with Crippen molar-refractivity contribution < 1.29 is 14.7 Å². The van der Waals surface area contributed by atoms with Crippen LogP contribution in [0.1, 0.15) is 24.2 Å². The van der Waals surface area contributed by atoms with Crippen LogP contribution in [0.5, 0.6) is 0 Å². The Kier molecular flexibility index (Phi) is 3.77. The lowest BCUT2D eigenvalue weighted by molar-refractivity contribution is -0.111. The Morgan fingerprint density at radius 1 is 1.25 bits per heavy atom. The van der Waals surface area contributed by atoms with Gasteiger partial charge in [0, 0.05) is 6.92 Å². The smallest absolute Gasteiger partial charge is 0.337 e. The first-order valence-electron chi connectivity index (χ1n) is 4.66. The fraction of sp³-hybridized carbons (Fsp3) is 0.182. The van der Waals surface area contributed by atoms with E-state index in [2.05, 4.69) is 10.5 Å². The number of hydrazone groups is 1. The molecule has 0 aromatic heterocycles. The van der Waals surface area contributed by atoms with E-state index in [1.54, 1.807) is 25.1 Å². The number of anilines is 1. The normalized spacial score (nSPS) is 11.0. The molecule has 0 saturated heterocycles. The second kappa shape index (κ2) is 5.06. The van der Waals surface area contributed by atoms with Crippen LogP contribution in [0.25, 0.3) is 0 Å². The first-order chi connectivity index (χ1) is 7.52. The van der Waals surface area contributed by atoms with Crippen LogP contribution in [0.15, 0.2) is 29.4 Å². The van der Waals surface area contributed by atoms with Crippen molar-refractivity contribution in [2.45, 2.75) is 13.8 Å². The lowest BCUT2D eigenvalue weighted by Crippen LogP contribution is -2.09. The van der Waals surface area contributed by atoms with Crippen molar-refractivity contribution in [3.05, 3.63) is 29.8 Å². The van der Waals surface area contributed by atoms with Gasteiger partial charge in [0.1, 0.15) is 5.71 Å². The molecule has 5 nitrogen and oxygen atoms in total. The van der Waals surface area contributed by atoms with Crippen LogP contribution in [-0.2, 0) is 4.79 Å². The monoisotopic (exact) mass is 220 g/mol. The summed E-state index contributed by atoms with van der Waals surface area (Å²) in [4.78, 5) is 21.7. The maximum Gasteiger partial charge on any atom is 0.337 e. The number of carboxylic acid groups (broad SMARTS) is 1. The third kappa shape index (κ3) is 2.91. The zero-order valence-electron chi connectivity index (χ0n) is 9.02. The highest BCUT2D eigenvalue weighted by atomic mass is 16.4. The third-order valence-electron chi connectivity index (χ3n) is 2.01. The Morgan fingerprint density at radius 3 is 2.44 bits per heavy atom. The van der Waals surface area contributed by atoms with E-state index in [-0.39, 0.29) is 11.3 Å². The van der Waals surface area contributed by atoms with Gasteiger partial charge in [-0.15, -0.1) is 0 Å². The van der Waals surface area contributed by atoms with E-state index >= 15 is 0 Å². The molecule has 0 bridgehead atoms. The SMILES string of the molecule is CC(=O)/C(C)=N\Nc1ccccc1C(=O)O. The molecule has 0 heterocycles. The predicted molar refractivity (Wildman–Crippen MR) is 60.8 cm³/mol. The van der Waals surface area contributed by atoms with Gasteiger partial charge in [-0.25, -0.2) is 4.79 Å². The first kappa shape index (κ1) is 11.9. The van der Waals surface area contributed by atoms with Gasteiger partial charge >= 0.3 is 5.97 Å². The minimum atomic E-state index is -1.04. The average Bonchev–Trinajstić information content (AvgIpc) is 2.25. The van der Waals surface area contributed by atoms with E-state index in [0.717, 1.165) is 0 Å². The van der Waals surface area contributed by atoms with Crippen molar-refractivity contribution in [3.63, 3.8) is 0 Å². The van der Waals surface area contributed by atoms with Gasteiger partial charge in [0.05, 0.1) is 11.3 Å². The molecular weight excluding hydrogens is 208 g/mol. The number of Topliss-reactive ketones (excluding diaryl/α,β-unsaturated/α-hetero) is 1. The molecule has 84 valence electrons. The fourth-order valence-electron chi connectivity index (χ4n) is 0.990. The van der Waals surface area contributed by atoms with Gasteiger partial charge in [0.2, 0.25) is 0 Å². The first-order valence-corrected chi connectivity index (χ1v) is 4.66. The Hall–Kier alpha value is -2.17. The minimum Gasteiger partial charge on any atom is -0.478 e. The van der Waals surface area contributed by atoms with Crippen molar-refractivity contribution in [3.8, 4) is 0 Å². The van der Waals surface area contributed by atoms with Crippen molar-refractivity contribution in [1.29, 1.82) is 0 Å². The number of ketones is 1. The van der Waals surface area contributed by atoms with Gasteiger partial charge in [0.25, 0.3) is 0 Å². The van der Waals surface area contributed by atoms with Gasteiger partial charge in [0.15, 0.2) is 5.78 Å². The summed E-state index contributed by atoms with van der Waals surface area (Å²) in [6, 6.07) is 6.35. The number of benzene rings is 1. The summed E-state index contributed by atoms with van der Waals surface area (Å²) >= 11 is 0. The number of hydrogen-bond donors (Lipinski definition) is 2. The van der Waals surface area contributed by atoms with E-state index in [1.165, 1.54) is 13.0 Å². The summed E-state index contributed by atoms with van der Waals surface area (Å²) in [5.41, 5.74) is 3.32. The highest BCUT2D eigenvalue weighted by molar-refractivity contribution is 6.38. The molecule has 1 rings (SSSR count). The Morgan fingerprint density at radius 2 is 1.88 bits per heavy atom. The quantitative estimate of drug-likeness (QED) is 0.598. The van der Waals surface area contributed by atoms with E-state index in [9.17, 15) is 9.59 Å². The molecule has 0 unspecified atom stereocenters. The third-order valence-corrected chi connectivity index (χ3v) is 2.01. The van der Waals surface area contributed by atoms with Crippen LogP contribution in [-0.4, -0.2) is 22.6 Å². The van der Waals surface area contributed by atoms with Crippen LogP contribution in [0, 0.1) is 0 Å². The van der Waals surface area contributed by atoms with E-state index in [4.69, 9.17) is 5.11 Å². The lowest BCUT2D eigenvalue weighted by Gasteiger charge is -2.04. The summed E-state index contributed by atoms with van der Waals surface area (Å²) in [5, 5.41) is 12.7. The maximum absolute atomic E-state index is 10.9. The van der Waals surface area contributed by atoms with Crippen LogP contribution in [0.2, 0.25) is 0 Å². The predicted octanol–water partition coefficient (Wildman–Crippen LogP) is 1.76. The number of nitrogens with one attached hydrogen (secondary N) is 1. The van der Waals surface area contributed by atoms with Gasteiger partial charge < -0.3 is 5.11 Å². The number of hydrogen-bond acceptors (Lipinski definition) is 4. The molecule has 0 spiro atoms. The molecule has 0 fully saturated rings. The van der Waals surface area contributed by atoms with Crippen LogP contribution in [0.3, 0.4) is 0 Å². The number of carbonyl (C=O) groups excluding carboxylic acids is 1. The number of para-hydroxylation sites is 1. The number of rotatable bonds is 4. The summed E-state index contributed by atoms with van der Waals surface area (Å²) in [6.07, 6.45) is 0. The standard InChI is InChI=1S/C11H12N2O3/c1-7(8(2)14)12-13-10-6-4-3-5-9(10)11(15)16/h3-6,13H,1-2H3,(H,15,16)/b12-7-. The molecule has 2 N–H and O–H groups in total. The molecule has 0 aliphatic carbocycles. The lowest BCUT2D eigenvalue weighted by atomic mass is 10.2. The molecule has 0 aliphatic heterocycles. The zero-order valence-corrected chi connectivity index (χ0v) is 9.02. The Bertz CT molecular complexity index is 452. The van der Waals surface area contributed by atoms with E-state index in [0.29, 0.717) is 11.4 Å². The molecule has 0 radical (unpaired) electrons. The molecule has 1 aromatic carbocycles. The molecule has 0 aliphatic rings. The minimum absolute atomic E-state index is 0.114. The van der Waals surface area contributed by atoms with Gasteiger partial charge in [-0.3, -0.25) is 10.2 Å². The van der Waals surface area contributed by atoms with Gasteiger partial charge in [-0.1, -0.05) is 12.1 Å². The van der Waals surface area contributed by atoms with Gasteiger partial charge in [-0.05, 0) is 19.1 Å². The highest BCUT2D eigenvalue weighted by Gasteiger charge is 2.08. The number of aromatic carboxylic acids is 1. The second-order valence-corrected chi connectivity index (χ2v) is 3.22. The second-order valence-electron chi connectivity index (χ2n) is 3.22. The highest BCUT2D eigenvalue weighted by Crippen LogP contribution is 2.14. The van der Waals surface area contributed by atoms with Crippen molar-refractivity contribution in [2.75, 3.05) is 5.43 Å². The van der Waals surface area contributed by atoms with E-state index < -0.39 is 5.97 Å². The molecule has 0 atom stereocenters. The average molecular weight is 220 g/mol. The zero-order chi connectivity index (χ0) is 12.1. The molecule has 5 heteroatoms. The number of carbonyl (C=O) groups is 2.